The molecule has 0 spiro atoms. The first-order valence-electron chi connectivity index (χ1n) is 6.76. The van der Waals surface area contributed by atoms with Crippen LogP contribution < -0.4 is 5.32 Å². The Kier molecular flexibility index (Phi) is 7.15. The van der Waals surface area contributed by atoms with Crippen molar-refractivity contribution in [1.82, 2.24) is 5.32 Å². The summed E-state index contributed by atoms with van der Waals surface area (Å²) in [7, 11) is 0. The molecule has 4 nitrogen and oxygen atoms in total. The fourth-order valence-corrected chi connectivity index (χ4v) is 2.62. The molecule has 2 N–H and O–H groups in total. The summed E-state index contributed by atoms with van der Waals surface area (Å²) in [5, 5.41) is 11.6. The summed E-state index contributed by atoms with van der Waals surface area (Å²) in [6, 6.07) is 6.53. The Labute approximate surface area is 124 Å². The predicted molar refractivity (Wildman–Crippen MR) is 82.1 cm³/mol. The summed E-state index contributed by atoms with van der Waals surface area (Å²) in [6.07, 6.45) is 2.26. The normalized spacial score (nSPS) is 11.9. The molecule has 0 fully saturated rings. The third-order valence-corrected chi connectivity index (χ3v) is 4.14. The molecule has 0 saturated heterocycles. The maximum absolute atomic E-state index is 11.9. The van der Waals surface area contributed by atoms with E-state index in [2.05, 4.69) is 12.2 Å². The Balaban J connectivity index is 2.38. The maximum Gasteiger partial charge on any atom is 0.335 e. The van der Waals surface area contributed by atoms with Crippen LogP contribution in [0.2, 0.25) is 0 Å². The molecule has 1 unspecified atom stereocenters. The van der Waals surface area contributed by atoms with Crippen molar-refractivity contribution < 1.29 is 14.7 Å². The maximum atomic E-state index is 11.9. The number of rotatable bonds is 8. The molecule has 20 heavy (non-hydrogen) atoms. The zero-order valence-corrected chi connectivity index (χ0v) is 12.7. The molecule has 0 heterocycles. The third-order valence-electron chi connectivity index (χ3n) is 2.90. The lowest BCUT2D eigenvalue weighted by molar-refractivity contribution is -0.120. The first-order chi connectivity index (χ1) is 9.54. The Morgan fingerprint density at radius 1 is 1.30 bits per heavy atom. The van der Waals surface area contributed by atoms with Crippen LogP contribution in [0.3, 0.4) is 0 Å². The van der Waals surface area contributed by atoms with Gasteiger partial charge in [-0.05, 0) is 36.8 Å². The van der Waals surface area contributed by atoms with Crippen LogP contribution in [0.15, 0.2) is 24.3 Å². The average Bonchev–Trinajstić information content (AvgIpc) is 2.45. The first kappa shape index (κ1) is 16.6. The van der Waals surface area contributed by atoms with Crippen molar-refractivity contribution in [2.24, 2.45) is 0 Å². The van der Waals surface area contributed by atoms with E-state index in [0.29, 0.717) is 6.54 Å². The van der Waals surface area contributed by atoms with Gasteiger partial charge in [-0.25, -0.2) is 4.79 Å². The Hall–Kier alpha value is -1.49. The highest BCUT2D eigenvalue weighted by Crippen LogP contribution is 2.13. The average molecular weight is 295 g/mol. The standard InChI is InChI=1S/C15H21NO3S/c1-3-4-9-20-11(2)14(17)16-10-12-5-7-13(8-6-12)15(18)19/h5-8,11H,3-4,9-10H2,1-2H3,(H,16,17)(H,18,19). The fraction of sp³-hybridized carbons (Fsp3) is 0.467. The summed E-state index contributed by atoms with van der Waals surface area (Å²) in [5.41, 5.74) is 1.15. The molecule has 0 radical (unpaired) electrons. The van der Waals surface area contributed by atoms with Crippen LogP contribution in [0.5, 0.6) is 0 Å². The smallest absolute Gasteiger partial charge is 0.335 e. The lowest BCUT2D eigenvalue weighted by atomic mass is 10.1. The van der Waals surface area contributed by atoms with Gasteiger partial charge in [-0.2, -0.15) is 0 Å². The Morgan fingerprint density at radius 3 is 2.50 bits per heavy atom. The minimum absolute atomic E-state index is 0.0217. The topological polar surface area (TPSA) is 66.4 Å². The minimum atomic E-state index is -0.943. The summed E-state index contributed by atoms with van der Waals surface area (Å²) in [5.74, 6) is 0.0771. The monoisotopic (exact) mass is 295 g/mol. The van der Waals surface area contributed by atoms with E-state index < -0.39 is 5.97 Å². The lowest BCUT2D eigenvalue weighted by Gasteiger charge is -2.11. The predicted octanol–water partition coefficient (Wildman–Crippen LogP) is 2.92. The van der Waals surface area contributed by atoms with Crippen molar-refractivity contribution in [3.63, 3.8) is 0 Å². The van der Waals surface area contributed by atoms with E-state index in [1.165, 1.54) is 0 Å². The van der Waals surface area contributed by atoms with E-state index in [1.807, 2.05) is 6.92 Å². The highest BCUT2D eigenvalue weighted by Gasteiger charge is 2.12. The molecule has 0 saturated carbocycles. The van der Waals surface area contributed by atoms with Crippen LogP contribution in [0.4, 0.5) is 0 Å². The van der Waals surface area contributed by atoms with E-state index in [9.17, 15) is 9.59 Å². The highest BCUT2D eigenvalue weighted by atomic mass is 32.2. The molecule has 0 aromatic heterocycles. The van der Waals surface area contributed by atoms with Crippen LogP contribution in [-0.2, 0) is 11.3 Å². The fourth-order valence-electron chi connectivity index (χ4n) is 1.58. The number of carboxylic acid groups (broad SMARTS) is 1. The molecule has 110 valence electrons. The van der Waals surface area contributed by atoms with Gasteiger partial charge < -0.3 is 10.4 Å². The van der Waals surface area contributed by atoms with Crippen molar-refractivity contribution in [2.75, 3.05) is 5.75 Å². The van der Waals surface area contributed by atoms with Crippen molar-refractivity contribution in [1.29, 1.82) is 0 Å². The molecular weight excluding hydrogens is 274 g/mol. The number of carbonyl (C=O) groups excluding carboxylic acids is 1. The van der Waals surface area contributed by atoms with Crippen molar-refractivity contribution in [3.05, 3.63) is 35.4 Å². The SMILES string of the molecule is CCCCSC(C)C(=O)NCc1ccc(C(=O)O)cc1. The van der Waals surface area contributed by atoms with Gasteiger partial charge >= 0.3 is 5.97 Å². The molecule has 0 bridgehead atoms. The van der Waals surface area contributed by atoms with Gasteiger partial charge in [-0.15, -0.1) is 11.8 Å². The third kappa shape index (κ3) is 5.65. The van der Waals surface area contributed by atoms with Crippen molar-refractivity contribution in [2.45, 2.75) is 38.5 Å². The summed E-state index contributed by atoms with van der Waals surface area (Å²) >= 11 is 1.66. The Bertz CT molecular complexity index is 445. The van der Waals surface area contributed by atoms with E-state index >= 15 is 0 Å². The van der Waals surface area contributed by atoms with Gasteiger partial charge in [0, 0.05) is 6.54 Å². The zero-order chi connectivity index (χ0) is 15.0. The second-order valence-electron chi connectivity index (χ2n) is 4.59. The second kappa shape index (κ2) is 8.64. The summed E-state index contributed by atoms with van der Waals surface area (Å²) in [6.45, 7) is 4.46. The van der Waals surface area contributed by atoms with Gasteiger partial charge in [-0.1, -0.05) is 25.5 Å². The number of carbonyl (C=O) groups is 2. The van der Waals surface area contributed by atoms with Gasteiger partial charge in [0.2, 0.25) is 5.91 Å². The van der Waals surface area contributed by atoms with E-state index in [0.717, 1.165) is 24.2 Å². The highest BCUT2D eigenvalue weighted by molar-refractivity contribution is 8.00. The zero-order valence-electron chi connectivity index (χ0n) is 11.9. The van der Waals surface area contributed by atoms with E-state index in [1.54, 1.807) is 36.0 Å². The number of thioether (sulfide) groups is 1. The number of hydrogen-bond acceptors (Lipinski definition) is 3. The van der Waals surface area contributed by atoms with Crippen LogP contribution in [0.25, 0.3) is 0 Å². The van der Waals surface area contributed by atoms with Gasteiger partial charge in [0.05, 0.1) is 10.8 Å². The second-order valence-corrected chi connectivity index (χ2v) is 6.04. The number of hydrogen-bond donors (Lipinski definition) is 2. The molecule has 1 rings (SSSR count). The lowest BCUT2D eigenvalue weighted by Crippen LogP contribution is -2.30. The summed E-state index contributed by atoms with van der Waals surface area (Å²) in [4.78, 5) is 22.6. The number of carboxylic acids is 1. The van der Waals surface area contributed by atoms with Crippen LogP contribution in [0, 0.1) is 0 Å². The van der Waals surface area contributed by atoms with Crippen molar-refractivity contribution in [3.8, 4) is 0 Å². The quantitative estimate of drug-likeness (QED) is 0.724. The van der Waals surface area contributed by atoms with Gasteiger partial charge in [0.25, 0.3) is 0 Å². The van der Waals surface area contributed by atoms with Crippen LogP contribution in [0.1, 0.15) is 42.6 Å². The number of benzene rings is 1. The Morgan fingerprint density at radius 2 is 1.95 bits per heavy atom. The molecule has 1 atom stereocenters. The molecule has 0 aliphatic carbocycles. The molecule has 1 aromatic carbocycles. The van der Waals surface area contributed by atoms with Crippen molar-refractivity contribution >= 4 is 23.6 Å². The minimum Gasteiger partial charge on any atom is -0.478 e. The molecule has 1 aromatic rings. The molecule has 0 aliphatic heterocycles. The number of unbranched alkanes of at least 4 members (excludes halogenated alkanes) is 1. The number of amides is 1. The van der Waals surface area contributed by atoms with E-state index in [4.69, 9.17) is 5.11 Å². The van der Waals surface area contributed by atoms with Gasteiger partial charge in [-0.3, -0.25) is 4.79 Å². The molecular formula is C15H21NO3S. The largest absolute Gasteiger partial charge is 0.478 e. The molecule has 1 amide bonds. The van der Waals surface area contributed by atoms with Gasteiger partial charge in [0.15, 0.2) is 0 Å². The van der Waals surface area contributed by atoms with E-state index in [-0.39, 0.29) is 16.7 Å². The summed E-state index contributed by atoms with van der Waals surface area (Å²) < 4.78 is 0. The number of aromatic carboxylic acids is 1. The van der Waals surface area contributed by atoms with Gasteiger partial charge in [0.1, 0.15) is 0 Å². The number of nitrogens with one attached hydrogen (secondary N) is 1. The van der Waals surface area contributed by atoms with Crippen LogP contribution in [-0.4, -0.2) is 28.0 Å². The first-order valence-corrected chi connectivity index (χ1v) is 7.81. The molecule has 5 heteroatoms. The van der Waals surface area contributed by atoms with Crippen LogP contribution >= 0.6 is 11.8 Å². The molecule has 0 aliphatic rings.